The minimum Gasteiger partial charge on any atom is -0.383 e. The van der Waals surface area contributed by atoms with Gasteiger partial charge in [0.05, 0.1) is 11.6 Å². The molecule has 158 valence electrons. The number of anilines is 1. The smallest absolute Gasteiger partial charge is 0.147 e. The average molecular weight is 406 g/mol. The van der Waals surface area contributed by atoms with E-state index in [0.29, 0.717) is 25.1 Å². The third kappa shape index (κ3) is 3.81. The second kappa shape index (κ2) is 8.35. The SMILES string of the molecule is Cc1cc(C)c(C#N)c(N2CC[C@](O)(c3ccccc3)[C@H](N3CCN(C)CC3)C2)n1. The van der Waals surface area contributed by atoms with Crippen molar-refractivity contribution in [2.75, 3.05) is 51.2 Å². The molecule has 2 aliphatic rings. The Balaban J connectivity index is 1.71. The Kier molecular flexibility index (Phi) is 5.79. The van der Waals surface area contributed by atoms with Crippen molar-refractivity contribution in [3.05, 3.63) is 58.8 Å². The van der Waals surface area contributed by atoms with Gasteiger partial charge in [0.2, 0.25) is 0 Å². The molecule has 2 atom stereocenters. The number of rotatable bonds is 3. The van der Waals surface area contributed by atoms with Crippen LogP contribution in [-0.2, 0) is 5.60 Å². The van der Waals surface area contributed by atoms with Gasteiger partial charge in [0.1, 0.15) is 17.5 Å². The van der Waals surface area contributed by atoms with Crippen molar-refractivity contribution in [3.63, 3.8) is 0 Å². The van der Waals surface area contributed by atoms with Crippen molar-refractivity contribution < 1.29 is 5.11 Å². The van der Waals surface area contributed by atoms with Crippen molar-refractivity contribution in [1.29, 1.82) is 5.26 Å². The minimum atomic E-state index is -0.917. The van der Waals surface area contributed by atoms with Crippen molar-refractivity contribution in [2.45, 2.75) is 31.9 Å². The van der Waals surface area contributed by atoms with Crippen molar-refractivity contribution in [3.8, 4) is 6.07 Å². The number of nitrogens with zero attached hydrogens (tertiary/aromatic N) is 5. The Morgan fingerprint density at radius 3 is 2.47 bits per heavy atom. The molecule has 2 saturated heterocycles. The summed E-state index contributed by atoms with van der Waals surface area (Å²) < 4.78 is 0. The lowest BCUT2D eigenvalue weighted by atomic mass is 9.79. The second-order valence-electron chi connectivity index (χ2n) is 8.73. The number of nitriles is 1. The molecule has 2 fully saturated rings. The number of aliphatic hydroxyl groups is 1. The maximum atomic E-state index is 12.0. The van der Waals surface area contributed by atoms with E-state index in [-0.39, 0.29) is 6.04 Å². The molecular formula is C24H31N5O. The molecule has 30 heavy (non-hydrogen) atoms. The van der Waals surface area contributed by atoms with Crippen molar-refractivity contribution in [1.82, 2.24) is 14.8 Å². The Morgan fingerprint density at radius 2 is 1.80 bits per heavy atom. The molecule has 1 aromatic heterocycles. The van der Waals surface area contributed by atoms with Gasteiger partial charge in [0.25, 0.3) is 0 Å². The molecule has 0 radical (unpaired) electrons. The van der Waals surface area contributed by atoms with Crippen LogP contribution in [0.15, 0.2) is 36.4 Å². The summed E-state index contributed by atoms with van der Waals surface area (Å²) in [5.41, 5.74) is 2.58. The Morgan fingerprint density at radius 1 is 1.10 bits per heavy atom. The van der Waals surface area contributed by atoms with Gasteiger partial charge in [-0.15, -0.1) is 0 Å². The van der Waals surface area contributed by atoms with Crippen LogP contribution in [0.25, 0.3) is 0 Å². The zero-order valence-electron chi connectivity index (χ0n) is 18.2. The lowest BCUT2D eigenvalue weighted by molar-refractivity contribution is -0.0757. The first-order chi connectivity index (χ1) is 14.4. The normalized spacial score (nSPS) is 25.8. The highest BCUT2D eigenvalue weighted by Gasteiger charge is 2.46. The zero-order chi connectivity index (χ0) is 21.3. The highest BCUT2D eigenvalue weighted by atomic mass is 16.3. The molecule has 1 N–H and O–H groups in total. The van der Waals surface area contributed by atoms with Crippen LogP contribution in [0, 0.1) is 25.2 Å². The van der Waals surface area contributed by atoms with E-state index in [2.05, 4.69) is 27.8 Å². The average Bonchev–Trinajstić information content (AvgIpc) is 2.75. The fraction of sp³-hybridized carbons (Fsp3) is 0.500. The summed E-state index contributed by atoms with van der Waals surface area (Å²) in [4.78, 5) is 11.7. The van der Waals surface area contributed by atoms with E-state index in [0.717, 1.165) is 48.8 Å². The van der Waals surface area contributed by atoms with Crippen LogP contribution < -0.4 is 4.90 Å². The molecule has 0 aliphatic carbocycles. The highest BCUT2D eigenvalue weighted by Crippen LogP contribution is 2.38. The Bertz CT molecular complexity index is 933. The summed E-state index contributed by atoms with van der Waals surface area (Å²) >= 11 is 0. The van der Waals surface area contributed by atoms with Crippen LogP contribution in [0.4, 0.5) is 5.82 Å². The van der Waals surface area contributed by atoms with E-state index in [1.54, 1.807) is 0 Å². The summed E-state index contributed by atoms with van der Waals surface area (Å²) in [6.07, 6.45) is 0.605. The predicted molar refractivity (Wildman–Crippen MR) is 118 cm³/mol. The Labute approximate surface area is 179 Å². The van der Waals surface area contributed by atoms with Gasteiger partial charge in [-0.2, -0.15) is 5.26 Å². The second-order valence-corrected chi connectivity index (χ2v) is 8.73. The molecule has 0 unspecified atom stereocenters. The van der Waals surface area contributed by atoms with Crippen LogP contribution in [0.3, 0.4) is 0 Å². The first-order valence-electron chi connectivity index (χ1n) is 10.8. The third-order valence-electron chi connectivity index (χ3n) is 6.70. The van der Waals surface area contributed by atoms with Gasteiger partial charge in [-0.25, -0.2) is 4.98 Å². The fourth-order valence-corrected chi connectivity index (χ4v) is 4.91. The number of benzene rings is 1. The topological polar surface area (TPSA) is 66.6 Å². The van der Waals surface area contributed by atoms with Crippen LogP contribution >= 0.6 is 0 Å². The molecule has 2 aliphatic heterocycles. The van der Waals surface area contributed by atoms with E-state index in [1.807, 2.05) is 50.2 Å². The van der Waals surface area contributed by atoms with E-state index in [4.69, 9.17) is 4.98 Å². The largest absolute Gasteiger partial charge is 0.383 e. The number of piperidine rings is 1. The third-order valence-corrected chi connectivity index (χ3v) is 6.70. The van der Waals surface area contributed by atoms with E-state index < -0.39 is 5.60 Å². The van der Waals surface area contributed by atoms with Crippen LogP contribution in [0.5, 0.6) is 0 Å². The molecule has 0 amide bonds. The lowest BCUT2D eigenvalue weighted by Gasteiger charge is -2.51. The molecule has 0 saturated carbocycles. The maximum Gasteiger partial charge on any atom is 0.147 e. The first kappa shape index (κ1) is 20.8. The van der Waals surface area contributed by atoms with Gasteiger partial charge in [-0.1, -0.05) is 30.3 Å². The number of likely N-dealkylation sites (N-methyl/N-ethyl adjacent to an activating group) is 1. The van der Waals surface area contributed by atoms with Crippen LogP contribution in [0.2, 0.25) is 0 Å². The van der Waals surface area contributed by atoms with Gasteiger partial charge in [-0.05, 0) is 44.5 Å². The van der Waals surface area contributed by atoms with Gasteiger partial charge >= 0.3 is 0 Å². The summed E-state index contributed by atoms with van der Waals surface area (Å²) in [5, 5.41) is 21.7. The monoisotopic (exact) mass is 405 g/mol. The van der Waals surface area contributed by atoms with Crippen LogP contribution in [-0.4, -0.2) is 72.2 Å². The molecule has 6 heteroatoms. The Hall–Kier alpha value is -2.46. The molecular weight excluding hydrogens is 374 g/mol. The summed E-state index contributed by atoms with van der Waals surface area (Å²) in [5.74, 6) is 0.754. The summed E-state index contributed by atoms with van der Waals surface area (Å²) in [7, 11) is 2.15. The quantitative estimate of drug-likeness (QED) is 0.845. The molecule has 0 bridgehead atoms. The predicted octanol–water partition coefficient (Wildman–Crippen LogP) is 2.28. The highest BCUT2D eigenvalue weighted by molar-refractivity contribution is 5.58. The first-order valence-corrected chi connectivity index (χ1v) is 10.8. The number of aryl methyl sites for hydroxylation is 2. The van der Waals surface area contributed by atoms with E-state index >= 15 is 0 Å². The van der Waals surface area contributed by atoms with Gasteiger partial charge in [-0.3, -0.25) is 4.90 Å². The van der Waals surface area contributed by atoms with Gasteiger partial charge in [0.15, 0.2) is 0 Å². The molecule has 6 nitrogen and oxygen atoms in total. The standard InChI is InChI=1S/C24H31N5O/c1-18-15-19(2)26-23(21(18)16-25)29-10-9-24(30,20-7-5-4-6-8-20)22(17-29)28-13-11-27(3)12-14-28/h4-8,15,22,30H,9-14,17H2,1-3H3/t22-,24+/m1/s1. The maximum absolute atomic E-state index is 12.0. The molecule has 3 heterocycles. The molecule has 0 spiro atoms. The fourth-order valence-electron chi connectivity index (χ4n) is 4.91. The van der Waals surface area contributed by atoms with Crippen LogP contribution in [0.1, 0.15) is 28.8 Å². The zero-order valence-corrected chi connectivity index (χ0v) is 18.2. The molecule has 1 aromatic carbocycles. The van der Waals surface area contributed by atoms with Crippen molar-refractivity contribution >= 4 is 5.82 Å². The summed E-state index contributed by atoms with van der Waals surface area (Å²) in [6.45, 7) is 9.10. The number of hydrogen-bond donors (Lipinski definition) is 1. The van der Waals surface area contributed by atoms with E-state index in [1.165, 1.54) is 0 Å². The number of hydrogen-bond acceptors (Lipinski definition) is 6. The molecule has 2 aromatic rings. The number of pyridine rings is 1. The van der Waals surface area contributed by atoms with E-state index in [9.17, 15) is 10.4 Å². The molecule has 4 rings (SSSR count). The minimum absolute atomic E-state index is 0.0588. The van der Waals surface area contributed by atoms with Gasteiger partial charge < -0.3 is 14.9 Å². The number of aromatic nitrogens is 1. The number of piperazine rings is 1. The lowest BCUT2D eigenvalue weighted by Crippen LogP contribution is -2.64. The van der Waals surface area contributed by atoms with Gasteiger partial charge in [0, 0.05) is 45.0 Å². The summed E-state index contributed by atoms with van der Waals surface area (Å²) in [6, 6.07) is 14.3. The van der Waals surface area contributed by atoms with Crippen molar-refractivity contribution in [2.24, 2.45) is 0 Å².